The third-order valence-electron chi connectivity index (χ3n) is 3.62. The van der Waals surface area contributed by atoms with Gasteiger partial charge in [-0.15, -0.1) is 0 Å². The summed E-state index contributed by atoms with van der Waals surface area (Å²) < 4.78 is 5.93. The number of aromatic hydroxyl groups is 1. The van der Waals surface area contributed by atoms with E-state index in [2.05, 4.69) is 4.98 Å². The van der Waals surface area contributed by atoms with Crippen LogP contribution in [0, 0.1) is 6.92 Å². The number of hydrogen-bond donors (Lipinski definition) is 1. The molecule has 1 aromatic heterocycles. The quantitative estimate of drug-likeness (QED) is 0.700. The van der Waals surface area contributed by atoms with Gasteiger partial charge in [0.25, 0.3) is 0 Å². The molecule has 0 bridgehead atoms. The van der Waals surface area contributed by atoms with Gasteiger partial charge in [-0.25, -0.2) is 4.98 Å². The zero-order valence-corrected chi connectivity index (χ0v) is 12.9. The Morgan fingerprint density at radius 3 is 2.48 bits per heavy atom. The fourth-order valence-corrected chi connectivity index (χ4v) is 2.70. The molecule has 21 heavy (non-hydrogen) atoms. The smallest absolute Gasteiger partial charge is 0.227 e. The number of hydrogen-bond acceptors (Lipinski definition) is 3. The number of aromatic nitrogens is 1. The number of benzene rings is 2. The summed E-state index contributed by atoms with van der Waals surface area (Å²) >= 11 is 6.23. The van der Waals surface area contributed by atoms with Crippen LogP contribution in [-0.2, 0) is 0 Å². The predicted octanol–water partition coefficient (Wildman–Crippen LogP) is 5.29. The minimum Gasteiger partial charge on any atom is -0.506 e. The molecule has 4 heteroatoms. The number of phenolic OH excluding ortho intramolecular Hbond substituents is 1. The molecule has 2 aromatic carbocycles. The van der Waals surface area contributed by atoms with Crippen LogP contribution in [0.5, 0.6) is 5.75 Å². The van der Waals surface area contributed by atoms with E-state index in [9.17, 15) is 5.11 Å². The van der Waals surface area contributed by atoms with E-state index in [1.807, 2.05) is 51.1 Å². The highest BCUT2D eigenvalue weighted by Gasteiger charge is 2.23. The van der Waals surface area contributed by atoms with Gasteiger partial charge in [0.05, 0.1) is 5.02 Å². The van der Waals surface area contributed by atoms with Crippen LogP contribution >= 0.6 is 11.6 Å². The minimum atomic E-state index is 0.0853. The van der Waals surface area contributed by atoms with Gasteiger partial charge in [-0.05, 0) is 25.0 Å². The SMILES string of the molecule is Cc1c(Cl)c(O)c(C(C)C)c2oc(-c3ccccc3)nc12. The molecule has 0 saturated carbocycles. The number of halogens is 1. The van der Waals surface area contributed by atoms with Crippen molar-refractivity contribution in [3.8, 4) is 17.2 Å². The first-order valence-corrected chi connectivity index (χ1v) is 7.25. The van der Waals surface area contributed by atoms with Crippen LogP contribution in [0.2, 0.25) is 5.02 Å². The minimum absolute atomic E-state index is 0.0853. The maximum atomic E-state index is 10.3. The van der Waals surface area contributed by atoms with E-state index < -0.39 is 0 Å². The van der Waals surface area contributed by atoms with Crippen LogP contribution < -0.4 is 0 Å². The van der Waals surface area contributed by atoms with Crippen LogP contribution in [-0.4, -0.2) is 10.1 Å². The third-order valence-corrected chi connectivity index (χ3v) is 4.08. The van der Waals surface area contributed by atoms with Gasteiger partial charge in [0.2, 0.25) is 5.89 Å². The lowest BCUT2D eigenvalue weighted by Crippen LogP contribution is -1.92. The Morgan fingerprint density at radius 2 is 1.86 bits per heavy atom. The zero-order chi connectivity index (χ0) is 15.1. The standard InChI is InChI=1S/C17H16ClNO2/c1-9(2)12-15(20)13(18)10(3)14-16(12)21-17(19-14)11-7-5-4-6-8-11/h4-9,20H,1-3H3. The zero-order valence-electron chi connectivity index (χ0n) is 12.1. The van der Waals surface area contributed by atoms with E-state index in [-0.39, 0.29) is 11.7 Å². The van der Waals surface area contributed by atoms with Crippen LogP contribution in [0.3, 0.4) is 0 Å². The highest BCUT2D eigenvalue weighted by Crippen LogP contribution is 2.42. The summed E-state index contributed by atoms with van der Waals surface area (Å²) in [6.45, 7) is 5.82. The molecular formula is C17H16ClNO2. The second kappa shape index (κ2) is 5.08. The predicted molar refractivity (Wildman–Crippen MR) is 84.9 cm³/mol. The Hall–Kier alpha value is -2.00. The van der Waals surface area contributed by atoms with Gasteiger partial charge >= 0.3 is 0 Å². The highest BCUT2D eigenvalue weighted by molar-refractivity contribution is 6.34. The van der Waals surface area contributed by atoms with Crippen LogP contribution in [0.15, 0.2) is 34.7 Å². The Morgan fingerprint density at radius 1 is 1.19 bits per heavy atom. The fraction of sp³-hybridized carbons (Fsp3) is 0.235. The van der Waals surface area contributed by atoms with Crippen molar-refractivity contribution in [2.45, 2.75) is 26.7 Å². The van der Waals surface area contributed by atoms with E-state index in [0.29, 0.717) is 27.6 Å². The van der Waals surface area contributed by atoms with E-state index in [1.165, 1.54) is 0 Å². The van der Waals surface area contributed by atoms with Crippen molar-refractivity contribution in [3.63, 3.8) is 0 Å². The lowest BCUT2D eigenvalue weighted by molar-refractivity contribution is 0.463. The molecule has 3 rings (SSSR count). The first kappa shape index (κ1) is 14.0. The average Bonchev–Trinajstić information content (AvgIpc) is 2.90. The molecule has 0 aliphatic heterocycles. The number of oxazole rings is 1. The van der Waals surface area contributed by atoms with E-state index in [1.54, 1.807) is 0 Å². The molecule has 0 saturated heterocycles. The largest absolute Gasteiger partial charge is 0.506 e. The highest BCUT2D eigenvalue weighted by atomic mass is 35.5. The van der Waals surface area contributed by atoms with E-state index in [4.69, 9.17) is 16.0 Å². The average molecular weight is 302 g/mol. The van der Waals surface area contributed by atoms with Crippen molar-refractivity contribution in [2.75, 3.05) is 0 Å². The maximum absolute atomic E-state index is 10.3. The summed E-state index contributed by atoms with van der Waals surface area (Å²) in [4.78, 5) is 4.57. The van der Waals surface area contributed by atoms with Gasteiger partial charge in [0.15, 0.2) is 5.58 Å². The first-order chi connectivity index (χ1) is 10.0. The topological polar surface area (TPSA) is 46.3 Å². The summed E-state index contributed by atoms with van der Waals surface area (Å²) in [6, 6.07) is 9.70. The fourth-order valence-electron chi connectivity index (χ4n) is 2.50. The third kappa shape index (κ3) is 2.18. The monoisotopic (exact) mass is 301 g/mol. The van der Waals surface area contributed by atoms with Crippen molar-refractivity contribution < 1.29 is 9.52 Å². The van der Waals surface area contributed by atoms with Crippen molar-refractivity contribution in [1.29, 1.82) is 0 Å². The molecule has 108 valence electrons. The van der Waals surface area contributed by atoms with Crippen molar-refractivity contribution in [3.05, 3.63) is 46.5 Å². The molecule has 0 radical (unpaired) electrons. The molecule has 0 unspecified atom stereocenters. The lowest BCUT2D eigenvalue weighted by atomic mass is 9.99. The van der Waals surface area contributed by atoms with Crippen LogP contribution in [0.4, 0.5) is 0 Å². The van der Waals surface area contributed by atoms with Gasteiger partial charge in [0, 0.05) is 16.7 Å². The van der Waals surface area contributed by atoms with Gasteiger partial charge in [-0.1, -0.05) is 43.6 Å². The number of phenols is 1. The molecule has 1 heterocycles. The van der Waals surface area contributed by atoms with Gasteiger partial charge < -0.3 is 9.52 Å². The van der Waals surface area contributed by atoms with Crippen LogP contribution in [0.25, 0.3) is 22.6 Å². The molecule has 0 atom stereocenters. The van der Waals surface area contributed by atoms with Crippen molar-refractivity contribution in [1.82, 2.24) is 4.98 Å². The van der Waals surface area contributed by atoms with Gasteiger partial charge in [-0.2, -0.15) is 0 Å². The molecule has 0 spiro atoms. The molecule has 0 aliphatic rings. The van der Waals surface area contributed by atoms with Gasteiger partial charge in [-0.3, -0.25) is 0 Å². The number of rotatable bonds is 2. The Bertz CT molecular complexity index is 807. The molecule has 3 nitrogen and oxygen atoms in total. The summed E-state index contributed by atoms with van der Waals surface area (Å²) in [5, 5.41) is 10.7. The maximum Gasteiger partial charge on any atom is 0.227 e. The normalized spacial score (nSPS) is 11.5. The van der Waals surface area contributed by atoms with Crippen LogP contribution in [0.1, 0.15) is 30.9 Å². The van der Waals surface area contributed by atoms with Crippen molar-refractivity contribution >= 4 is 22.7 Å². The molecule has 0 amide bonds. The Balaban J connectivity index is 2.35. The molecule has 1 N–H and O–H groups in total. The summed E-state index contributed by atoms with van der Waals surface area (Å²) in [5.41, 5.74) is 3.66. The second-order valence-electron chi connectivity index (χ2n) is 5.42. The Kier molecular flexibility index (Phi) is 3.38. The molecule has 0 fully saturated rings. The lowest BCUT2D eigenvalue weighted by Gasteiger charge is -2.11. The van der Waals surface area contributed by atoms with E-state index in [0.717, 1.165) is 11.1 Å². The summed E-state index contributed by atoms with van der Waals surface area (Å²) in [7, 11) is 0. The molecular weight excluding hydrogens is 286 g/mol. The van der Waals surface area contributed by atoms with Gasteiger partial charge in [0.1, 0.15) is 11.3 Å². The molecule has 0 aliphatic carbocycles. The molecule has 3 aromatic rings. The second-order valence-corrected chi connectivity index (χ2v) is 5.80. The Labute approximate surface area is 128 Å². The van der Waals surface area contributed by atoms with Crippen molar-refractivity contribution in [2.24, 2.45) is 0 Å². The number of aryl methyl sites for hydroxylation is 1. The number of fused-ring (bicyclic) bond motifs is 1. The summed E-state index contributed by atoms with van der Waals surface area (Å²) in [5.74, 6) is 0.715. The summed E-state index contributed by atoms with van der Waals surface area (Å²) in [6.07, 6.45) is 0. The van der Waals surface area contributed by atoms with E-state index >= 15 is 0 Å². The first-order valence-electron chi connectivity index (χ1n) is 6.87. The number of nitrogens with zero attached hydrogens (tertiary/aromatic N) is 1.